The van der Waals surface area contributed by atoms with Gasteiger partial charge in [-0.3, -0.25) is 0 Å². The van der Waals surface area contributed by atoms with E-state index in [2.05, 4.69) is 0 Å². The van der Waals surface area contributed by atoms with E-state index in [1.807, 2.05) is 0 Å². The largest absolute Gasteiger partial charge is 0.455 e. The molecule has 0 fully saturated rings. The third-order valence-corrected chi connectivity index (χ3v) is 8.34. The molecule has 0 atom stereocenters. The molecule has 10 rings (SSSR count). The van der Waals surface area contributed by atoms with Crippen LogP contribution in [0.4, 0.5) is 0 Å². The van der Waals surface area contributed by atoms with Crippen LogP contribution in [0.25, 0.3) is 98.4 Å². The van der Waals surface area contributed by atoms with E-state index in [1.165, 1.54) is 48.5 Å². The lowest BCUT2D eigenvalue weighted by Gasteiger charge is -2.18. The van der Waals surface area contributed by atoms with Gasteiger partial charge in [-0.2, -0.15) is 0 Å². The average Bonchev–Trinajstić information content (AvgIpc) is 3.68. The zero-order chi connectivity index (χ0) is 48.3. The number of para-hydroxylation sites is 1. The van der Waals surface area contributed by atoms with Gasteiger partial charge >= 0.3 is 0 Å². The predicted octanol–water partition coefficient (Wildman–Crippen LogP) is 13.2. The van der Waals surface area contributed by atoms with Gasteiger partial charge in [0.15, 0.2) is 0 Å². The Labute approximate surface area is 300 Å². The maximum absolute atomic E-state index is 9.37. The first-order chi connectivity index (χ1) is 31.6. The van der Waals surface area contributed by atoms with E-state index in [4.69, 9.17) is 25.0 Å². The Morgan fingerprint density at radius 2 is 0.979 bits per heavy atom. The van der Waals surface area contributed by atoms with Gasteiger partial charge in [-0.25, -0.2) is 0 Å². The van der Waals surface area contributed by atoms with Crippen LogP contribution in [-0.2, 0) is 0 Å². The summed E-state index contributed by atoms with van der Waals surface area (Å²) in [6.07, 6.45) is 0. The number of benzene rings is 9. The molecule has 0 unspecified atom stereocenters. The molecular formula is C46H28O. The van der Waals surface area contributed by atoms with Gasteiger partial charge in [0, 0.05) is 16.2 Å². The summed E-state index contributed by atoms with van der Waals surface area (Å²) in [6.45, 7) is 0. The highest BCUT2D eigenvalue weighted by Crippen LogP contribution is 2.44. The van der Waals surface area contributed by atoms with E-state index in [9.17, 15) is 6.85 Å². The summed E-state index contributed by atoms with van der Waals surface area (Å²) >= 11 is 0. The summed E-state index contributed by atoms with van der Waals surface area (Å²) < 4.78 is 181. The molecule has 1 heterocycles. The Balaban J connectivity index is 1.26. The van der Waals surface area contributed by atoms with Gasteiger partial charge in [-0.05, 0) is 101 Å². The average molecular weight is 617 g/mol. The Bertz CT molecular complexity index is 3900. The first-order valence-corrected chi connectivity index (χ1v) is 14.5. The highest BCUT2D eigenvalue weighted by molar-refractivity contribution is 6.22. The number of fused-ring (bicyclic) bond motifs is 8. The van der Waals surface area contributed by atoms with Crippen molar-refractivity contribution in [1.82, 2.24) is 0 Å². The molecule has 10 aromatic rings. The molecule has 0 aliphatic rings. The quantitative estimate of drug-likeness (QED) is 0.180. The zero-order valence-electron chi connectivity index (χ0n) is 44.0. The van der Waals surface area contributed by atoms with Crippen LogP contribution >= 0.6 is 0 Å². The minimum atomic E-state index is -0.649. The summed E-state index contributed by atoms with van der Waals surface area (Å²) in [5.74, 6) is 0. The number of rotatable bonds is 3. The number of hydrogen-bond donors (Lipinski definition) is 0. The molecule has 0 aliphatic heterocycles. The molecule has 0 saturated heterocycles. The molecule has 9 aromatic carbocycles. The molecule has 1 heteroatoms. The number of furan rings is 1. The first-order valence-electron chi connectivity index (χ1n) is 24.5. The van der Waals surface area contributed by atoms with E-state index in [-0.39, 0.29) is 113 Å². The van der Waals surface area contributed by atoms with Crippen molar-refractivity contribution >= 4 is 65.0 Å². The lowest BCUT2D eigenvalue weighted by molar-refractivity contribution is 0.672. The molecule has 1 nitrogen and oxygen atoms in total. The Morgan fingerprint density at radius 1 is 0.362 bits per heavy atom. The van der Waals surface area contributed by atoms with Crippen molar-refractivity contribution in [1.29, 1.82) is 0 Å². The molecule has 0 radical (unpaired) electrons. The van der Waals surface area contributed by atoms with Crippen molar-refractivity contribution in [3.8, 4) is 33.4 Å². The lowest BCUT2D eigenvalue weighted by atomic mass is 9.85. The molecule has 1 aromatic heterocycles. The molecule has 0 bridgehead atoms. The van der Waals surface area contributed by atoms with Crippen molar-refractivity contribution in [2.45, 2.75) is 0 Å². The van der Waals surface area contributed by atoms with Crippen LogP contribution < -0.4 is 0 Å². The third-order valence-electron chi connectivity index (χ3n) is 8.34. The normalized spacial score (nSPS) is 17.8. The summed E-state index contributed by atoms with van der Waals surface area (Å²) in [4.78, 5) is 0. The topological polar surface area (TPSA) is 13.1 Å². The highest BCUT2D eigenvalue weighted by atomic mass is 16.3. The maximum Gasteiger partial charge on any atom is 0.143 e. The van der Waals surface area contributed by atoms with Gasteiger partial charge in [0.05, 0.1) is 27.4 Å². The van der Waals surface area contributed by atoms with E-state index in [0.717, 1.165) is 0 Å². The summed E-state index contributed by atoms with van der Waals surface area (Å²) in [7, 11) is 0. The molecule has 0 saturated carbocycles. The fourth-order valence-corrected chi connectivity index (χ4v) is 6.25. The minimum Gasteiger partial charge on any atom is -0.455 e. The van der Waals surface area contributed by atoms with Crippen molar-refractivity contribution < 1.29 is 31.8 Å². The predicted molar refractivity (Wildman–Crippen MR) is 200 cm³/mol. The van der Waals surface area contributed by atoms with E-state index < -0.39 is 90.2 Å². The Kier molecular flexibility index (Phi) is 2.87. The van der Waals surface area contributed by atoms with Crippen LogP contribution in [0.5, 0.6) is 0 Å². The van der Waals surface area contributed by atoms with Crippen molar-refractivity contribution in [2.24, 2.45) is 0 Å². The van der Waals surface area contributed by atoms with Gasteiger partial charge in [0.1, 0.15) is 11.2 Å². The van der Waals surface area contributed by atoms with Crippen LogP contribution in [0.2, 0.25) is 0 Å². The van der Waals surface area contributed by atoms with Gasteiger partial charge in [-0.15, -0.1) is 0 Å². The lowest BCUT2D eigenvalue weighted by Crippen LogP contribution is -1.91. The first kappa shape index (κ1) is 13.3. The Hall–Kier alpha value is -6.18. The van der Waals surface area contributed by atoms with Crippen molar-refractivity contribution in [3.05, 3.63) is 169 Å². The zero-order valence-corrected chi connectivity index (χ0v) is 24.0. The molecule has 0 aliphatic carbocycles. The smallest absolute Gasteiger partial charge is 0.143 e. The molecule has 47 heavy (non-hydrogen) atoms. The molecular weight excluding hydrogens is 569 g/mol. The van der Waals surface area contributed by atoms with Crippen molar-refractivity contribution in [2.75, 3.05) is 0 Å². The SMILES string of the molecule is [2H]c1cc2c(-c3cc([2H])c(-c4c([2H])c([2H])c5c(c4[2H])c([2H])c([2H])c4c5oc5c([2H])c([2H])c([2H])c([2H])c54)c([2H])c3)c3cc([2H])c([2H])cc3c(-c3cc([2H])c4c([2H])c([2H])c([2H])c([2H])c4c3)c2cc1[2H]. The van der Waals surface area contributed by atoms with E-state index in [1.54, 1.807) is 0 Å². The third kappa shape index (κ3) is 4.03. The van der Waals surface area contributed by atoms with Crippen LogP contribution in [-0.4, -0.2) is 0 Å². The molecule has 0 N–H and O–H groups in total. The standard InChI is InChI=1S/C46H28O/c1-2-10-32-28-35(22-19-29(32)9-1)45-40-14-5-3-12-38(40)44(39-13-4-6-15-41(39)45)31-20-17-30(18-21-31)33-23-25-36-34(27-33)24-26-42-37-11-7-8-16-43(37)47-46(36)42/h1-28H/i1D,2D,3D,4D,5D,6D,7D,8D,9D,10D,11D,16D,17D,18D,19D,23D,24D,25D,26D,27D. The van der Waals surface area contributed by atoms with Gasteiger partial charge in [0.25, 0.3) is 0 Å². The van der Waals surface area contributed by atoms with Crippen LogP contribution in [0.1, 0.15) is 27.4 Å². The second kappa shape index (κ2) is 10.2. The highest BCUT2D eigenvalue weighted by Gasteiger charge is 2.17. The van der Waals surface area contributed by atoms with Gasteiger partial charge < -0.3 is 4.42 Å². The summed E-state index contributed by atoms with van der Waals surface area (Å²) in [6, 6.07) is 1.96. The molecule has 218 valence electrons. The van der Waals surface area contributed by atoms with E-state index >= 15 is 0 Å². The summed E-state index contributed by atoms with van der Waals surface area (Å²) in [5, 5.41) is 0.170. The monoisotopic (exact) mass is 616 g/mol. The Morgan fingerprint density at radius 3 is 1.72 bits per heavy atom. The second-order valence-electron chi connectivity index (χ2n) is 10.9. The van der Waals surface area contributed by atoms with Crippen LogP contribution in [0.15, 0.2) is 174 Å². The fraction of sp³-hybridized carbons (Fsp3) is 0. The molecule has 0 spiro atoms. The summed E-state index contributed by atoms with van der Waals surface area (Å²) in [5.41, 5.74) is -0.282. The molecule has 0 amide bonds. The van der Waals surface area contributed by atoms with Crippen LogP contribution in [0.3, 0.4) is 0 Å². The maximum atomic E-state index is 9.37. The van der Waals surface area contributed by atoms with Gasteiger partial charge in [0.2, 0.25) is 0 Å². The minimum absolute atomic E-state index is 0.0231. The van der Waals surface area contributed by atoms with Crippen molar-refractivity contribution in [3.63, 3.8) is 0 Å². The number of hydrogen-bond acceptors (Lipinski definition) is 1. The fourth-order valence-electron chi connectivity index (χ4n) is 6.25. The van der Waals surface area contributed by atoms with Gasteiger partial charge in [-0.1, -0.05) is 139 Å². The van der Waals surface area contributed by atoms with E-state index in [0.29, 0.717) is 16.3 Å². The second-order valence-corrected chi connectivity index (χ2v) is 10.9. The van der Waals surface area contributed by atoms with Crippen LogP contribution in [0, 0.1) is 0 Å².